The van der Waals surface area contributed by atoms with Crippen molar-refractivity contribution in [2.45, 2.75) is 20.5 Å². The molecule has 0 heterocycles. The quantitative estimate of drug-likeness (QED) is 0.521. The summed E-state index contributed by atoms with van der Waals surface area (Å²) in [5.41, 5.74) is 2.06. The standard InChI is InChI=1S/C8H9NO3.C8H7NO3/c2*1-6-2-3-8(9(11)12)7(4-6)5-10/h2-4,10H,5H2,1H3;2-5H,1H3. The average molecular weight is 332 g/mol. The molecule has 8 heteroatoms. The number of aryl methyl sites for hydroxylation is 2. The molecule has 126 valence electrons. The van der Waals surface area contributed by atoms with Gasteiger partial charge in [0.1, 0.15) is 0 Å². The Hall–Kier alpha value is -3.13. The van der Waals surface area contributed by atoms with Crippen LogP contribution in [0, 0.1) is 34.1 Å². The molecule has 0 aliphatic rings. The molecule has 0 spiro atoms. The van der Waals surface area contributed by atoms with Crippen molar-refractivity contribution in [3.63, 3.8) is 0 Å². The fourth-order valence-electron chi connectivity index (χ4n) is 1.95. The summed E-state index contributed by atoms with van der Waals surface area (Å²) in [7, 11) is 0. The summed E-state index contributed by atoms with van der Waals surface area (Å²) in [6.07, 6.45) is 0.491. The normalized spacial score (nSPS) is 9.62. The van der Waals surface area contributed by atoms with Gasteiger partial charge in [-0.15, -0.1) is 0 Å². The van der Waals surface area contributed by atoms with E-state index in [2.05, 4.69) is 0 Å². The van der Waals surface area contributed by atoms with E-state index in [4.69, 9.17) is 5.11 Å². The Morgan fingerprint density at radius 1 is 0.958 bits per heavy atom. The zero-order valence-corrected chi connectivity index (χ0v) is 13.1. The molecule has 0 aliphatic carbocycles. The van der Waals surface area contributed by atoms with E-state index in [1.54, 1.807) is 25.1 Å². The van der Waals surface area contributed by atoms with Crippen LogP contribution in [0.25, 0.3) is 0 Å². The maximum absolute atomic E-state index is 10.4. The van der Waals surface area contributed by atoms with Gasteiger partial charge in [0.2, 0.25) is 0 Å². The lowest BCUT2D eigenvalue weighted by atomic mass is 10.1. The van der Waals surface area contributed by atoms with Crippen LogP contribution in [0.2, 0.25) is 0 Å². The van der Waals surface area contributed by atoms with E-state index >= 15 is 0 Å². The molecule has 0 bridgehead atoms. The lowest BCUT2D eigenvalue weighted by molar-refractivity contribution is -0.385. The summed E-state index contributed by atoms with van der Waals surface area (Å²) < 4.78 is 0. The minimum absolute atomic E-state index is 0.0249. The third kappa shape index (κ3) is 4.96. The van der Waals surface area contributed by atoms with E-state index in [1.807, 2.05) is 6.92 Å². The number of aliphatic hydroxyl groups excluding tert-OH is 1. The highest BCUT2D eigenvalue weighted by Crippen LogP contribution is 2.19. The highest BCUT2D eigenvalue weighted by molar-refractivity contribution is 5.81. The first kappa shape index (κ1) is 18.9. The summed E-state index contributed by atoms with van der Waals surface area (Å²) in [5, 5.41) is 29.5. The molecule has 8 nitrogen and oxygen atoms in total. The largest absolute Gasteiger partial charge is 0.391 e. The molecular formula is C16H16N2O6. The van der Waals surface area contributed by atoms with Gasteiger partial charge in [0.05, 0.1) is 27.6 Å². The van der Waals surface area contributed by atoms with Crippen molar-refractivity contribution in [2.24, 2.45) is 0 Å². The predicted molar refractivity (Wildman–Crippen MR) is 87.0 cm³/mol. The molecule has 0 saturated heterocycles. The molecule has 0 atom stereocenters. The van der Waals surface area contributed by atoms with Gasteiger partial charge < -0.3 is 5.11 Å². The number of carbonyl (C=O) groups excluding carboxylic acids is 1. The Kier molecular flexibility index (Phi) is 6.69. The van der Waals surface area contributed by atoms with E-state index in [9.17, 15) is 25.0 Å². The maximum atomic E-state index is 10.4. The van der Waals surface area contributed by atoms with Gasteiger partial charge in [-0.05, 0) is 31.5 Å². The SMILES string of the molecule is Cc1ccc([N+](=O)[O-])c(C=O)c1.Cc1ccc([N+](=O)[O-])c(CO)c1. The smallest absolute Gasteiger partial charge is 0.279 e. The Bertz CT molecular complexity index is 773. The number of rotatable bonds is 4. The Balaban J connectivity index is 0.000000240. The molecule has 24 heavy (non-hydrogen) atoms. The summed E-state index contributed by atoms with van der Waals surface area (Å²) in [6, 6.07) is 9.09. The maximum Gasteiger partial charge on any atom is 0.279 e. The van der Waals surface area contributed by atoms with Crippen LogP contribution < -0.4 is 0 Å². The van der Waals surface area contributed by atoms with E-state index < -0.39 is 9.85 Å². The van der Waals surface area contributed by atoms with Crippen LogP contribution in [-0.2, 0) is 6.61 Å². The zero-order chi connectivity index (χ0) is 18.3. The monoisotopic (exact) mass is 332 g/mol. The molecule has 0 aromatic heterocycles. The van der Waals surface area contributed by atoms with E-state index in [0.29, 0.717) is 11.8 Å². The summed E-state index contributed by atoms with van der Waals surface area (Å²) in [5.74, 6) is 0. The van der Waals surface area contributed by atoms with Crippen LogP contribution in [0.15, 0.2) is 36.4 Å². The first-order chi connectivity index (χ1) is 11.3. The number of aliphatic hydroxyl groups is 1. The summed E-state index contributed by atoms with van der Waals surface area (Å²) in [4.78, 5) is 30.0. The third-order valence-electron chi connectivity index (χ3n) is 3.11. The topological polar surface area (TPSA) is 124 Å². The number of hydrogen-bond donors (Lipinski definition) is 1. The van der Waals surface area contributed by atoms with Gasteiger partial charge in [-0.1, -0.05) is 17.7 Å². The number of nitro benzene ring substituents is 2. The van der Waals surface area contributed by atoms with Crippen LogP contribution in [0.4, 0.5) is 11.4 Å². The second-order valence-electron chi connectivity index (χ2n) is 4.98. The van der Waals surface area contributed by atoms with E-state index in [1.165, 1.54) is 18.2 Å². The molecular weight excluding hydrogens is 316 g/mol. The van der Waals surface area contributed by atoms with Gasteiger partial charge in [0, 0.05) is 12.1 Å². The molecule has 2 aromatic carbocycles. The van der Waals surface area contributed by atoms with E-state index in [0.717, 1.165) is 11.1 Å². The van der Waals surface area contributed by atoms with Gasteiger partial charge in [-0.2, -0.15) is 0 Å². The number of nitro groups is 2. The minimum atomic E-state index is -0.566. The van der Waals surface area contributed by atoms with Gasteiger partial charge in [0.25, 0.3) is 11.4 Å². The van der Waals surface area contributed by atoms with Crippen LogP contribution in [-0.4, -0.2) is 21.2 Å². The Labute approximate surface area is 137 Å². The summed E-state index contributed by atoms with van der Waals surface area (Å²) in [6.45, 7) is 3.30. The fraction of sp³-hybridized carbons (Fsp3) is 0.188. The van der Waals surface area contributed by atoms with Gasteiger partial charge in [-0.3, -0.25) is 25.0 Å². The molecule has 0 radical (unpaired) electrons. The van der Waals surface area contributed by atoms with Crippen molar-refractivity contribution in [1.29, 1.82) is 0 Å². The molecule has 0 fully saturated rings. The van der Waals surface area contributed by atoms with Crippen molar-refractivity contribution >= 4 is 17.7 Å². The van der Waals surface area contributed by atoms with Crippen molar-refractivity contribution in [2.75, 3.05) is 0 Å². The van der Waals surface area contributed by atoms with Crippen LogP contribution >= 0.6 is 0 Å². The minimum Gasteiger partial charge on any atom is -0.391 e. The van der Waals surface area contributed by atoms with Crippen molar-refractivity contribution < 1.29 is 19.7 Å². The molecule has 0 saturated carbocycles. The van der Waals surface area contributed by atoms with E-state index in [-0.39, 0.29) is 23.5 Å². The molecule has 0 unspecified atom stereocenters. The van der Waals surface area contributed by atoms with Crippen molar-refractivity contribution in [3.05, 3.63) is 78.9 Å². The lowest BCUT2D eigenvalue weighted by Crippen LogP contribution is -1.95. The zero-order valence-electron chi connectivity index (χ0n) is 13.1. The van der Waals surface area contributed by atoms with Crippen LogP contribution in [0.3, 0.4) is 0 Å². The Morgan fingerprint density at radius 2 is 1.46 bits per heavy atom. The number of hydrogen-bond acceptors (Lipinski definition) is 6. The molecule has 0 aliphatic heterocycles. The van der Waals surface area contributed by atoms with Crippen molar-refractivity contribution in [1.82, 2.24) is 0 Å². The number of benzene rings is 2. The van der Waals surface area contributed by atoms with Gasteiger partial charge in [0.15, 0.2) is 6.29 Å². The first-order valence-electron chi connectivity index (χ1n) is 6.85. The highest BCUT2D eigenvalue weighted by Gasteiger charge is 2.12. The Morgan fingerprint density at radius 3 is 1.92 bits per heavy atom. The van der Waals surface area contributed by atoms with Crippen LogP contribution in [0.5, 0.6) is 0 Å². The predicted octanol–water partition coefficient (Wildman–Crippen LogP) is 3.11. The highest BCUT2D eigenvalue weighted by atomic mass is 16.6. The van der Waals surface area contributed by atoms with Gasteiger partial charge >= 0.3 is 0 Å². The van der Waals surface area contributed by atoms with Crippen LogP contribution in [0.1, 0.15) is 27.0 Å². The molecule has 1 N–H and O–H groups in total. The molecule has 2 rings (SSSR count). The number of aldehydes is 1. The number of nitrogens with zero attached hydrogens (tertiary/aromatic N) is 2. The second kappa shape index (κ2) is 8.49. The number of carbonyl (C=O) groups is 1. The molecule has 0 amide bonds. The second-order valence-corrected chi connectivity index (χ2v) is 4.98. The third-order valence-corrected chi connectivity index (χ3v) is 3.11. The summed E-state index contributed by atoms with van der Waals surface area (Å²) >= 11 is 0. The fourth-order valence-corrected chi connectivity index (χ4v) is 1.95. The first-order valence-corrected chi connectivity index (χ1v) is 6.85. The lowest BCUT2D eigenvalue weighted by Gasteiger charge is -1.99. The average Bonchev–Trinajstić information content (AvgIpc) is 2.54. The molecule has 2 aromatic rings. The van der Waals surface area contributed by atoms with Crippen molar-refractivity contribution in [3.8, 4) is 0 Å². The van der Waals surface area contributed by atoms with Gasteiger partial charge in [-0.25, -0.2) is 0 Å².